The molecule has 3 rings (SSSR count). The summed E-state index contributed by atoms with van der Waals surface area (Å²) in [6, 6.07) is 5.43. The Morgan fingerprint density at radius 2 is 1.96 bits per heavy atom. The maximum Gasteiger partial charge on any atom is 0.243 e. The number of sulfonamides is 1. The van der Waals surface area contributed by atoms with Gasteiger partial charge < -0.3 is 4.90 Å². The van der Waals surface area contributed by atoms with Gasteiger partial charge in [0.25, 0.3) is 0 Å². The number of thioether (sulfide) groups is 1. The molecule has 26 heavy (non-hydrogen) atoms. The zero-order valence-corrected chi connectivity index (χ0v) is 16.3. The van der Waals surface area contributed by atoms with E-state index in [0.717, 1.165) is 11.1 Å². The highest BCUT2D eigenvalue weighted by Gasteiger charge is 2.31. The topological polar surface area (TPSA) is 99.3 Å². The van der Waals surface area contributed by atoms with Crippen LogP contribution in [-0.2, 0) is 14.8 Å². The number of aromatic nitrogens is 3. The molecule has 2 heterocycles. The maximum absolute atomic E-state index is 12.9. The molecule has 1 N–H and O–H groups in total. The highest BCUT2D eigenvalue weighted by atomic mass is 32.2. The van der Waals surface area contributed by atoms with Gasteiger partial charge in [-0.3, -0.25) is 9.89 Å². The summed E-state index contributed by atoms with van der Waals surface area (Å²) in [6.07, 6.45) is 1.39. The Morgan fingerprint density at radius 1 is 1.23 bits per heavy atom. The van der Waals surface area contributed by atoms with E-state index < -0.39 is 10.0 Å². The first-order valence-corrected chi connectivity index (χ1v) is 10.6. The minimum atomic E-state index is -3.55. The molecule has 0 bridgehead atoms. The molecular weight excluding hydrogens is 374 g/mol. The first kappa shape index (κ1) is 18.9. The van der Waals surface area contributed by atoms with E-state index >= 15 is 0 Å². The van der Waals surface area contributed by atoms with E-state index in [4.69, 9.17) is 0 Å². The second kappa shape index (κ2) is 7.77. The Hall–Kier alpha value is -1.91. The Balaban J connectivity index is 1.60. The number of aromatic amines is 1. The lowest BCUT2D eigenvalue weighted by atomic mass is 10.2. The van der Waals surface area contributed by atoms with Crippen molar-refractivity contribution in [2.24, 2.45) is 0 Å². The number of amides is 1. The molecule has 1 aliphatic rings. The van der Waals surface area contributed by atoms with Crippen molar-refractivity contribution < 1.29 is 13.2 Å². The number of benzene rings is 1. The van der Waals surface area contributed by atoms with Gasteiger partial charge in [0.05, 0.1) is 10.6 Å². The molecule has 0 saturated carbocycles. The van der Waals surface area contributed by atoms with Gasteiger partial charge in [-0.25, -0.2) is 13.4 Å². The number of H-pyrrole nitrogens is 1. The molecule has 0 spiro atoms. The number of carbonyl (C=O) groups excluding carboxylic acids is 1. The van der Waals surface area contributed by atoms with Crippen molar-refractivity contribution in [1.82, 2.24) is 24.4 Å². The molecule has 140 valence electrons. The molecule has 2 aromatic rings. The van der Waals surface area contributed by atoms with Crippen molar-refractivity contribution in [1.29, 1.82) is 0 Å². The summed E-state index contributed by atoms with van der Waals surface area (Å²) in [4.78, 5) is 18.3. The normalized spacial score (nSPS) is 16.0. The molecular formula is C16H21N5O3S2. The van der Waals surface area contributed by atoms with Crippen LogP contribution in [0.3, 0.4) is 0 Å². The molecule has 1 saturated heterocycles. The number of rotatable bonds is 5. The fourth-order valence-corrected chi connectivity index (χ4v) is 5.20. The molecule has 8 nitrogen and oxygen atoms in total. The van der Waals surface area contributed by atoms with Crippen LogP contribution in [0.15, 0.2) is 34.6 Å². The molecule has 1 amide bonds. The number of nitrogens with one attached hydrogen (secondary N) is 1. The van der Waals surface area contributed by atoms with Gasteiger partial charge in [0, 0.05) is 26.2 Å². The number of aryl methyl sites for hydroxylation is 2. The third-order valence-corrected chi connectivity index (χ3v) is 7.18. The van der Waals surface area contributed by atoms with E-state index in [1.54, 1.807) is 17.9 Å². The Kier molecular flexibility index (Phi) is 5.64. The summed E-state index contributed by atoms with van der Waals surface area (Å²) in [5, 5.41) is 7.02. The van der Waals surface area contributed by atoms with E-state index in [1.807, 2.05) is 19.1 Å². The molecule has 0 aliphatic carbocycles. The standard InChI is InChI=1S/C16H21N5O3S2/c1-12-3-4-13(2)14(9-12)26(23,24)21-7-5-20(6-8-21)15(22)10-25-16-17-11-18-19-16/h3-4,9,11H,5-8,10H2,1-2H3,(H,17,18,19). The van der Waals surface area contributed by atoms with E-state index in [0.29, 0.717) is 36.2 Å². The predicted molar refractivity (Wildman–Crippen MR) is 98.4 cm³/mol. The van der Waals surface area contributed by atoms with E-state index in [9.17, 15) is 13.2 Å². The van der Waals surface area contributed by atoms with Gasteiger partial charge in [-0.05, 0) is 31.0 Å². The quantitative estimate of drug-likeness (QED) is 0.760. The monoisotopic (exact) mass is 395 g/mol. The zero-order valence-electron chi connectivity index (χ0n) is 14.7. The summed E-state index contributed by atoms with van der Waals surface area (Å²) in [7, 11) is -3.55. The maximum atomic E-state index is 12.9. The number of hydrogen-bond acceptors (Lipinski definition) is 6. The van der Waals surface area contributed by atoms with Gasteiger partial charge >= 0.3 is 0 Å². The molecule has 0 unspecified atom stereocenters. The fourth-order valence-electron chi connectivity index (χ4n) is 2.79. The van der Waals surface area contributed by atoms with Crippen LogP contribution in [0, 0.1) is 13.8 Å². The molecule has 1 aromatic carbocycles. The Morgan fingerprint density at radius 3 is 2.62 bits per heavy atom. The molecule has 1 aliphatic heterocycles. The van der Waals surface area contributed by atoms with Gasteiger partial charge in [0.15, 0.2) is 5.16 Å². The number of nitrogens with zero attached hydrogens (tertiary/aromatic N) is 4. The molecule has 1 fully saturated rings. The Labute approximate surface area is 157 Å². The highest BCUT2D eigenvalue weighted by Crippen LogP contribution is 2.22. The van der Waals surface area contributed by atoms with E-state index in [1.165, 1.54) is 22.4 Å². The van der Waals surface area contributed by atoms with Gasteiger partial charge in [-0.1, -0.05) is 23.9 Å². The van der Waals surface area contributed by atoms with E-state index in [-0.39, 0.29) is 11.7 Å². The average molecular weight is 396 g/mol. The van der Waals surface area contributed by atoms with Crippen molar-refractivity contribution in [2.75, 3.05) is 31.9 Å². The van der Waals surface area contributed by atoms with Crippen molar-refractivity contribution in [3.05, 3.63) is 35.7 Å². The van der Waals surface area contributed by atoms with Crippen molar-refractivity contribution in [3.8, 4) is 0 Å². The smallest absolute Gasteiger partial charge is 0.243 e. The molecule has 0 radical (unpaired) electrons. The van der Waals surface area contributed by atoms with Crippen LogP contribution in [0.2, 0.25) is 0 Å². The first-order chi connectivity index (χ1) is 12.4. The first-order valence-electron chi connectivity index (χ1n) is 8.21. The molecule has 0 atom stereocenters. The highest BCUT2D eigenvalue weighted by molar-refractivity contribution is 7.99. The summed E-state index contributed by atoms with van der Waals surface area (Å²) in [5.41, 5.74) is 1.64. The zero-order chi connectivity index (χ0) is 18.7. The molecule has 10 heteroatoms. The Bertz CT molecular complexity index is 875. The van der Waals surface area contributed by atoms with E-state index in [2.05, 4.69) is 15.2 Å². The third kappa shape index (κ3) is 4.08. The minimum absolute atomic E-state index is 0.0322. The second-order valence-corrected chi connectivity index (χ2v) is 9.00. The van der Waals surface area contributed by atoms with Gasteiger partial charge in [0.1, 0.15) is 6.33 Å². The SMILES string of the molecule is Cc1ccc(C)c(S(=O)(=O)N2CCN(C(=O)CSc3ncn[nH]3)CC2)c1. The van der Waals surface area contributed by atoms with Gasteiger partial charge in [-0.2, -0.15) is 9.40 Å². The van der Waals surface area contributed by atoms with Crippen LogP contribution >= 0.6 is 11.8 Å². The largest absolute Gasteiger partial charge is 0.339 e. The van der Waals surface area contributed by atoms with Crippen LogP contribution in [0.4, 0.5) is 0 Å². The van der Waals surface area contributed by atoms with Crippen LogP contribution in [0.25, 0.3) is 0 Å². The van der Waals surface area contributed by atoms with Gasteiger partial charge in [0.2, 0.25) is 15.9 Å². The summed E-state index contributed by atoms with van der Waals surface area (Å²) < 4.78 is 27.3. The van der Waals surface area contributed by atoms with Crippen LogP contribution in [0.5, 0.6) is 0 Å². The number of hydrogen-bond donors (Lipinski definition) is 1. The fraction of sp³-hybridized carbons (Fsp3) is 0.438. The average Bonchev–Trinajstić information content (AvgIpc) is 3.15. The lowest BCUT2D eigenvalue weighted by molar-refractivity contribution is -0.129. The van der Waals surface area contributed by atoms with Crippen molar-refractivity contribution in [2.45, 2.75) is 23.9 Å². The minimum Gasteiger partial charge on any atom is -0.339 e. The number of carbonyl (C=O) groups is 1. The molecule has 1 aromatic heterocycles. The van der Waals surface area contributed by atoms with Crippen molar-refractivity contribution >= 4 is 27.7 Å². The second-order valence-electron chi connectivity index (χ2n) is 6.13. The van der Waals surface area contributed by atoms with Crippen LogP contribution < -0.4 is 0 Å². The lowest BCUT2D eigenvalue weighted by Gasteiger charge is -2.34. The van der Waals surface area contributed by atoms with Gasteiger partial charge in [-0.15, -0.1) is 0 Å². The number of piperazine rings is 1. The lowest BCUT2D eigenvalue weighted by Crippen LogP contribution is -2.51. The predicted octanol–water partition coefficient (Wildman–Crippen LogP) is 1.05. The third-order valence-electron chi connectivity index (χ3n) is 4.28. The van der Waals surface area contributed by atoms with Crippen molar-refractivity contribution in [3.63, 3.8) is 0 Å². The summed E-state index contributed by atoms with van der Waals surface area (Å²) in [6.45, 7) is 5.05. The van der Waals surface area contributed by atoms with Crippen LogP contribution in [-0.4, -0.2) is 70.6 Å². The van der Waals surface area contributed by atoms with Crippen LogP contribution in [0.1, 0.15) is 11.1 Å². The summed E-state index contributed by atoms with van der Waals surface area (Å²) >= 11 is 1.28. The summed E-state index contributed by atoms with van der Waals surface area (Å²) in [5.74, 6) is 0.217.